The Labute approximate surface area is 145 Å². The summed E-state index contributed by atoms with van der Waals surface area (Å²) < 4.78 is 5.80. The van der Waals surface area contributed by atoms with E-state index in [2.05, 4.69) is 0 Å². The summed E-state index contributed by atoms with van der Waals surface area (Å²) >= 11 is 0. The summed E-state index contributed by atoms with van der Waals surface area (Å²) in [5.74, 6) is 0.403. The average Bonchev–Trinajstić information content (AvgIpc) is 2.62. The van der Waals surface area contributed by atoms with Crippen molar-refractivity contribution in [3.05, 3.63) is 0 Å². The number of rotatable bonds is 7. The van der Waals surface area contributed by atoms with Crippen molar-refractivity contribution in [1.82, 2.24) is 9.80 Å². The van der Waals surface area contributed by atoms with Gasteiger partial charge in [-0.1, -0.05) is 6.92 Å². The molecule has 0 spiro atoms. The maximum Gasteiger partial charge on any atom is 0.227 e. The van der Waals surface area contributed by atoms with E-state index in [4.69, 9.17) is 10.5 Å². The first-order chi connectivity index (χ1) is 11.7. The van der Waals surface area contributed by atoms with Crippen molar-refractivity contribution in [2.75, 3.05) is 39.3 Å². The Hall–Kier alpha value is -1.14. The van der Waals surface area contributed by atoms with Crippen LogP contribution in [0, 0.1) is 5.92 Å². The number of hydrogen-bond acceptors (Lipinski definition) is 4. The molecule has 1 atom stereocenters. The third-order valence-corrected chi connectivity index (χ3v) is 5.04. The largest absolute Gasteiger partial charge is 0.378 e. The summed E-state index contributed by atoms with van der Waals surface area (Å²) in [6, 6.07) is 0. The van der Waals surface area contributed by atoms with Gasteiger partial charge in [-0.3, -0.25) is 9.59 Å². The highest BCUT2D eigenvalue weighted by Crippen LogP contribution is 2.22. The first kappa shape index (κ1) is 19.2. The van der Waals surface area contributed by atoms with Crippen LogP contribution in [0.5, 0.6) is 0 Å². The third-order valence-electron chi connectivity index (χ3n) is 5.04. The quantitative estimate of drug-likeness (QED) is 0.711. The van der Waals surface area contributed by atoms with Crippen LogP contribution in [0.1, 0.15) is 51.9 Å². The molecule has 0 aromatic rings. The van der Waals surface area contributed by atoms with Crippen LogP contribution >= 0.6 is 0 Å². The molecule has 0 saturated carbocycles. The van der Waals surface area contributed by atoms with Gasteiger partial charge in [0.05, 0.1) is 12.0 Å². The highest BCUT2D eigenvalue weighted by atomic mass is 16.5. The highest BCUT2D eigenvalue weighted by molar-refractivity contribution is 5.81. The zero-order valence-corrected chi connectivity index (χ0v) is 15.0. The van der Waals surface area contributed by atoms with E-state index in [1.54, 1.807) is 0 Å². The lowest BCUT2D eigenvalue weighted by Crippen LogP contribution is -2.49. The van der Waals surface area contributed by atoms with Crippen molar-refractivity contribution >= 4 is 11.8 Å². The van der Waals surface area contributed by atoms with E-state index < -0.39 is 0 Å². The Kier molecular flexibility index (Phi) is 7.99. The van der Waals surface area contributed by atoms with E-state index in [1.807, 2.05) is 16.7 Å². The summed E-state index contributed by atoms with van der Waals surface area (Å²) in [4.78, 5) is 28.7. The molecule has 2 N–H and O–H groups in total. The molecule has 2 aliphatic rings. The van der Waals surface area contributed by atoms with E-state index in [1.165, 1.54) is 0 Å². The number of amides is 2. The van der Waals surface area contributed by atoms with Crippen LogP contribution in [0.2, 0.25) is 0 Å². The fourth-order valence-electron chi connectivity index (χ4n) is 3.61. The fourth-order valence-corrected chi connectivity index (χ4v) is 3.61. The molecule has 2 fully saturated rings. The second-order valence-electron chi connectivity index (χ2n) is 6.97. The number of hydrogen-bond donors (Lipinski definition) is 1. The number of nitrogens with two attached hydrogens (primary N) is 1. The van der Waals surface area contributed by atoms with Gasteiger partial charge in [0, 0.05) is 39.2 Å². The molecule has 2 saturated heterocycles. The van der Waals surface area contributed by atoms with E-state index in [0.717, 1.165) is 58.2 Å². The predicted octanol–water partition coefficient (Wildman–Crippen LogP) is 1.38. The molecule has 138 valence electrons. The molecule has 2 heterocycles. The molecule has 0 radical (unpaired) electrons. The molecule has 0 aromatic heterocycles. The van der Waals surface area contributed by atoms with Crippen molar-refractivity contribution in [2.45, 2.75) is 58.0 Å². The van der Waals surface area contributed by atoms with Gasteiger partial charge in [0.15, 0.2) is 0 Å². The maximum atomic E-state index is 12.8. The Morgan fingerprint density at radius 2 is 1.88 bits per heavy atom. The number of carbonyl (C=O) groups is 2. The number of nitrogens with zero attached hydrogens (tertiary/aromatic N) is 2. The average molecular weight is 339 g/mol. The minimum absolute atomic E-state index is 0.0192. The van der Waals surface area contributed by atoms with Gasteiger partial charge in [-0.25, -0.2) is 0 Å². The van der Waals surface area contributed by atoms with Crippen molar-refractivity contribution in [2.24, 2.45) is 11.7 Å². The Bertz CT molecular complexity index is 408. The SMILES string of the molecule is CCCC(=O)N1CCCC(C(=O)N2CCC(OCCCN)CC2)C1. The fraction of sp³-hybridized carbons (Fsp3) is 0.889. The van der Waals surface area contributed by atoms with Gasteiger partial charge >= 0.3 is 0 Å². The van der Waals surface area contributed by atoms with E-state index >= 15 is 0 Å². The Balaban J connectivity index is 1.76. The normalized spacial score (nSPS) is 22.7. The third kappa shape index (κ3) is 5.45. The lowest BCUT2D eigenvalue weighted by atomic mass is 9.95. The predicted molar refractivity (Wildman–Crippen MR) is 93.4 cm³/mol. The number of carbonyl (C=O) groups excluding carboxylic acids is 2. The lowest BCUT2D eigenvalue weighted by Gasteiger charge is -2.37. The molecule has 0 bridgehead atoms. The Morgan fingerprint density at radius 3 is 2.54 bits per heavy atom. The van der Waals surface area contributed by atoms with Crippen LogP contribution in [0.3, 0.4) is 0 Å². The van der Waals surface area contributed by atoms with Crippen molar-refractivity contribution < 1.29 is 14.3 Å². The van der Waals surface area contributed by atoms with Crippen LogP contribution in [0.4, 0.5) is 0 Å². The van der Waals surface area contributed by atoms with Crippen LogP contribution in [0.25, 0.3) is 0 Å². The van der Waals surface area contributed by atoms with Crippen LogP contribution in [-0.4, -0.2) is 67.0 Å². The topological polar surface area (TPSA) is 75.9 Å². The number of piperidine rings is 2. The number of likely N-dealkylation sites (tertiary alicyclic amines) is 2. The standard InChI is InChI=1S/C18H33N3O3/c1-2-5-17(22)21-10-3-6-15(14-21)18(23)20-11-7-16(8-12-20)24-13-4-9-19/h15-16H,2-14,19H2,1H3. The minimum Gasteiger partial charge on any atom is -0.378 e. The summed E-state index contributed by atoms with van der Waals surface area (Å²) in [6.07, 6.45) is 6.26. The van der Waals surface area contributed by atoms with E-state index in [0.29, 0.717) is 26.1 Å². The zero-order chi connectivity index (χ0) is 17.4. The zero-order valence-electron chi connectivity index (χ0n) is 15.0. The highest BCUT2D eigenvalue weighted by Gasteiger charge is 2.32. The van der Waals surface area contributed by atoms with Crippen LogP contribution in [-0.2, 0) is 14.3 Å². The van der Waals surface area contributed by atoms with Crippen molar-refractivity contribution in [1.29, 1.82) is 0 Å². The van der Waals surface area contributed by atoms with Crippen LogP contribution < -0.4 is 5.73 Å². The molecule has 6 heteroatoms. The molecule has 2 aliphatic heterocycles. The molecular formula is C18H33N3O3. The molecule has 2 rings (SSSR count). The van der Waals surface area contributed by atoms with Gasteiger partial charge in [0.2, 0.25) is 11.8 Å². The van der Waals surface area contributed by atoms with E-state index in [-0.39, 0.29) is 23.8 Å². The molecular weight excluding hydrogens is 306 g/mol. The summed E-state index contributed by atoms with van der Waals surface area (Å²) in [7, 11) is 0. The summed E-state index contributed by atoms with van der Waals surface area (Å²) in [6.45, 7) is 6.34. The minimum atomic E-state index is -0.0192. The first-order valence-electron chi connectivity index (χ1n) is 9.54. The van der Waals surface area contributed by atoms with Gasteiger partial charge in [-0.05, 0) is 45.1 Å². The summed E-state index contributed by atoms with van der Waals surface area (Å²) in [5.41, 5.74) is 5.48. The first-order valence-corrected chi connectivity index (χ1v) is 9.54. The molecule has 0 aromatic carbocycles. The molecule has 6 nitrogen and oxygen atoms in total. The van der Waals surface area contributed by atoms with Gasteiger partial charge in [-0.2, -0.15) is 0 Å². The monoisotopic (exact) mass is 339 g/mol. The Morgan fingerprint density at radius 1 is 1.12 bits per heavy atom. The summed E-state index contributed by atoms with van der Waals surface area (Å²) in [5, 5.41) is 0. The molecule has 24 heavy (non-hydrogen) atoms. The van der Waals surface area contributed by atoms with Gasteiger partial charge in [-0.15, -0.1) is 0 Å². The lowest BCUT2D eigenvalue weighted by molar-refractivity contribution is -0.142. The second kappa shape index (κ2) is 9.99. The number of ether oxygens (including phenoxy) is 1. The van der Waals surface area contributed by atoms with Crippen LogP contribution in [0.15, 0.2) is 0 Å². The van der Waals surface area contributed by atoms with Gasteiger partial charge < -0.3 is 20.3 Å². The van der Waals surface area contributed by atoms with Gasteiger partial charge in [0.25, 0.3) is 0 Å². The van der Waals surface area contributed by atoms with Crippen molar-refractivity contribution in [3.8, 4) is 0 Å². The molecule has 1 unspecified atom stereocenters. The maximum absolute atomic E-state index is 12.8. The van der Waals surface area contributed by atoms with Crippen molar-refractivity contribution in [3.63, 3.8) is 0 Å². The smallest absolute Gasteiger partial charge is 0.227 e. The van der Waals surface area contributed by atoms with E-state index in [9.17, 15) is 9.59 Å². The molecule has 2 amide bonds. The van der Waals surface area contributed by atoms with Gasteiger partial charge in [0.1, 0.15) is 0 Å². The second-order valence-corrected chi connectivity index (χ2v) is 6.97. The molecule has 0 aliphatic carbocycles.